The fourth-order valence-corrected chi connectivity index (χ4v) is 4.36. The molecular weight excluding hydrogens is 366 g/mol. The number of hydrogen-bond acceptors (Lipinski definition) is 4. The predicted molar refractivity (Wildman–Crippen MR) is 111 cm³/mol. The van der Waals surface area contributed by atoms with Crippen LogP contribution in [0.25, 0.3) is 0 Å². The molecule has 0 saturated carbocycles. The van der Waals surface area contributed by atoms with Gasteiger partial charge in [0.2, 0.25) is 12.5 Å². The molecule has 0 aliphatic carbocycles. The third kappa shape index (κ3) is 3.87. The number of hydrogen-bond donors (Lipinski definition) is 0. The van der Waals surface area contributed by atoms with Gasteiger partial charge in [-0.1, -0.05) is 36.9 Å². The molecular formula is C24H28NO4+. The largest absolute Gasteiger partial charge is 0.461 e. The van der Waals surface area contributed by atoms with Crippen molar-refractivity contribution in [3.05, 3.63) is 65.9 Å². The number of Topliss-reactive ketones (excluding diaryl/α,β-unsaturated/α-hetero) is 1. The van der Waals surface area contributed by atoms with E-state index in [-0.39, 0.29) is 18.6 Å². The lowest BCUT2D eigenvalue weighted by Gasteiger charge is -2.43. The van der Waals surface area contributed by atoms with Gasteiger partial charge >= 0.3 is 0 Å². The van der Waals surface area contributed by atoms with Crippen molar-refractivity contribution >= 4 is 5.78 Å². The van der Waals surface area contributed by atoms with Crippen LogP contribution in [0.2, 0.25) is 0 Å². The Hall–Kier alpha value is -2.79. The number of likely N-dealkylation sites (N-methyl/N-ethyl adjacent to an activating group) is 1. The highest BCUT2D eigenvalue weighted by atomic mass is 16.7. The van der Waals surface area contributed by atoms with Crippen LogP contribution in [-0.2, 0) is 17.6 Å². The van der Waals surface area contributed by atoms with Gasteiger partial charge in [0.25, 0.3) is 0 Å². The van der Waals surface area contributed by atoms with E-state index in [9.17, 15) is 4.79 Å². The van der Waals surface area contributed by atoms with Crippen molar-refractivity contribution in [2.45, 2.75) is 31.7 Å². The Morgan fingerprint density at radius 1 is 1.28 bits per heavy atom. The second-order valence-electron chi connectivity index (χ2n) is 8.29. The van der Waals surface area contributed by atoms with Crippen LogP contribution >= 0.6 is 0 Å². The van der Waals surface area contributed by atoms with E-state index in [1.54, 1.807) is 0 Å². The number of ether oxygens (including phenoxy) is 3. The highest BCUT2D eigenvalue weighted by Gasteiger charge is 2.42. The van der Waals surface area contributed by atoms with Gasteiger partial charge in [-0.15, -0.1) is 0 Å². The maximum absolute atomic E-state index is 13.0. The fourth-order valence-electron chi connectivity index (χ4n) is 4.36. The van der Waals surface area contributed by atoms with Gasteiger partial charge in [-0.2, -0.15) is 0 Å². The molecule has 2 aromatic rings. The Morgan fingerprint density at radius 2 is 2.07 bits per heavy atom. The normalized spacial score (nSPS) is 18.8. The number of ketones is 1. The van der Waals surface area contributed by atoms with Crippen LogP contribution in [0, 0.1) is 0 Å². The van der Waals surface area contributed by atoms with E-state index in [0.717, 1.165) is 29.4 Å². The van der Waals surface area contributed by atoms with Gasteiger partial charge in [-0.05, 0) is 23.6 Å². The Labute approximate surface area is 172 Å². The summed E-state index contributed by atoms with van der Waals surface area (Å²) in [5, 5.41) is 0. The molecule has 5 heteroatoms. The van der Waals surface area contributed by atoms with Crippen molar-refractivity contribution in [2.24, 2.45) is 0 Å². The van der Waals surface area contributed by atoms with Crippen LogP contribution in [0.1, 0.15) is 35.6 Å². The molecule has 0 saturated heterocycles. The van der Waals surface area contributed by atoms with Crippen molar-refractivity contribution in [3.8, 4) is 17.2 Å². The number of benzene rings is 2. The minimum atomic E-state index is 0.00599. The molecule has 2 aliphatic heterocycles. The third-order valence-electron chi connectivity index (χ3n) is 6.04. The number of fused-ring (bicyclic) bond motifs is 2. The van der Waals surface area contributed by atoms with Gasteiger partial charge in [0.15, 0.2) is 11.5 Å². The smallest absolute Gasteiger partial charge is 0.231 e. The van der Waals surface area contributed by atoms with Crippen molar-refractivity contribution in [1.82, 2.24) is 0 Å². The van der Waals surface area contributed by atoms with Crippen LogP contribution in [0.3, 0.4) is 0 Å². The first kappa shape index (κ1) is 19.5. The summed E-state index contributed by atoms with van der Waals surface area (Å²) in [7, 11) is 4.36. The summed E-state index contributed by atoms with van der Waals surface area (Å²) in [5.74, 6) is 2.24. The van der Waals surface area contributed by atoms with Gasteiger partial charge in [0.1, 0.15) is 11.8 Å². The van der Waals surface area contributed by atoms with E-state index in [4.69, 9.17) is 14.2 Å². The van der Waals surface area contributed by atoms with Gasteiger partial charge in [-0.3, -0.25) is 4.79 Å². The van der Waals surface area contributed by atoms with Crippen LogP contribution in [-0.4, -0.2) is 37.7 Å². The zero-order valence-corrected chi connectivity index (χ0v) is 17.1. The highest BCUT2D eigenvalue weighted by molar-refractivity contribution is 5.80. The Balaban J connectivity index is 1.63. The van der Waals surface area contributed by atoms with E-state index >= 15 is 0 Å². The molecule has 0 aromatic heterocycles. The molecule has 0 bridgehead atoms. The third-order valence-corrected chi connectivity index (χ3v) is 6.04. The van der Waals surface area contributed by atoms with Crippen molar-refractivity contribution in [3.63, 3.8) is 0 Å². The average Bonchev–Trinajstić information content (AvgIpc) is 3.18. The number of aryl methyl sites for hydroxylation is 1. The molecule has 1 atom stereocenters. The molecule has 29 heavy (non-hydrogen) atoms. The minimum Gasteiger partial charge on any atom is -0.461 e. The molecule has 0 N–H and O–H groups in total. The molecule has 2 aromatic carbocycles. The van der Waals surface area contributed by atoms with Gasteiger partial charge < -0.3 is 18.7 Å². The Kier molecular flexibility index (Phi) is 5.33. The summed E-state index contributed by atoms with van der Waals surface area (Å²) >= 11 is 0. The zero-order chi connectivity index (χ0) is 20.4. The monoisotopic (exact) mass is 394 g/mol. The second kappa shape index (κ2) is 7.91. The molecule has 2 aliphatic rings. The van der Waals surface area contributed by atoms with Crippen LogP contribution in [0.5, 0.6) is 17.2 Å². The quantitative estimate of drug-likeness (QED) is 0.521. The van der Waals surface area contributed by atoms with Gasteiger partial charge in [-0.25, -0.2) is 0 Å². The van der Waals surface area contributed by atoms with E-state index in [1.165, 1.54) is 17.4 Å². The van der Waals surface area contributed by atoms with Crippen LogP contribution in [0.4, 0.5) is 0 Å². The summed E-state index contributed by atoms with van der Waals surface area (Å²) in [6.07, 6.45) is 4.10. The van der Waals surface area contributed by atoms with E-state index in [1.807, 2.05) is 24.3 Å². The second-order valence-corrected chi connectivity index (χ2v) is 8.29. The Bertz CT molecular complexity index is 920. The topological polar surface area (TPSA) is 44.8 Å². The summed E-state index contributed by atoms with van der Waals surface area (Å²) in [6.45, 7) is 4.87. The maximum atomic E-state index is 13.0. The molecule has 5 nitrogen and oxygen atoms in total. The number of nitrogens with zero attached hydrogens (tertiary/aromatic N) is 1. The molecule has 152 valence electrons. The van der Waals surface area contributed by atoms with Crippen LogP contribution in [0.15, 0.2) is 49.2 Å². The summed E-state index contributed by atoms with van der Waals surface area (Å²) < 4.78 is 17.8. The predicted octanol–water partition coefficient (Wildman–Crippen LogP) is 4.20. The molecule has 2 heterocycles. The SMILES string of the molecule is C=COc1c2c(cc3c1C(CC(=O)CCc1ccccc1)[N+](C)(C)CC3)OCO2. The molecule has 4 rings (SSSR count). The van der Waals surface area contributed by atoms with E-state index < -0.39 is 0 Å². The number of quaternary nitrogens is 1. The van der Waals surface area contributed by atoms with Crippen molar-refractivity contribution in [1.29, 1.82) is 0 Å². The lowest BCUT2D eigenvalue weighted by atomic mass is 9.86. The first-order chi connectivity index (χ1) is 14.0. The molecule has 0 amide bonds. The van der Waals surface area contributed by atoms with Gasteiger partial charge in [0.05, 0.1) is 38.9 Å². The first-order valence-electron chi connectivity index (χ1n) is 10.1. The van der Waals surface area contributed by atoms with E-state index in [2.05, 4.69) is 32.8 Å². The van der Waals surface area contributed by atoms with Crippen molar-refractivity contribution < 1.29 is 23.5 Å². The fraction of sp³-hybridized carbons (Fsp3) is 0.375. The van der Waals surface area contributed by atoms with E-state index in [0.29, 0.717) is 30.1 Å². The maximum Gasteiger partial charge on any atom is 0.231 e. The molecule has 0 spiro atoms. The summed E-state index contributed by atoms with van der Waals surface area (Å²) in [5.41, 5.74) is 3.42. The minimum absolute atomic E-state index is 0.00599. The lowest BCUT2D eigenvalue weighted by Crippen LogP contribution is -2.48. The molecule has 0 radical (unpaired) electrons. The standard InChI is InChI=1S/C24H28NO4/c1-4-27-24-22-18(14-21-23(24)29-16-28-21)12-13-25(2,3)20(22)15-19(26)11-10-17-8-6-5-7-9-17/h4-9,14,20H,1,10-13,15-16H2,2-3H3/q+1. The molecule has 0 fully saturated rings. The Morgan fingerprint density at radius 3 is 2.83 bits per heavy atom. The van der Waals surface area contributed by atoms with Gasteiger partial charge in [0, 0.05) is 12.8 Å². The highest BCUT2D eigenvalue weighted by Crippen LogP contribution is 2.51. The number of carbonyl (C=O) groups excluding carboxylic acids is 1. The van der Waals surface area contributed by atoms with Crippen LogP contribution < -0.4 is 14.2 Å². The first-order valence-corrected chi connectivity index (χ1v) is 10.1. The number of rotatable bonds is 7. The summed E-state index contributed by atoms with van der Waals surface area (Å²) in [4.78, 5) is 13.0. The lowest BCUT2D eigenvalue weighted by molar-refractivity contribution is -0.922. The molecule has 1 unspecified atom stereocenters. The zero-order valence-electron chi connectivity index (χ0n) is 17.1. The van der Waals surface area contributed by atoms with Crippen molar-refractivity contribution in [2.75, 3.05) is 27.4 Å². The number of carbonyl (C=O) groups is 1. The average molecular weight is 394 g/mol. The summed E-state index contributed by atoms with van der Waals surface area (Å²) in [6, 6.07) is 12.2.